The Morgan fingerprint density at radius 1 is 1.43 bits per heavy atom. The normalized spacial score (nSPS) is 19.5. The third kappa shape index (κ3) is 1.07. The zero-order valence-electron chi connectivity index (χ0n) is 7.73. The first kappa shape index (κ1) is 8.32. The molecule has 1 saturated carbocycles. The van der Waals surface area contributed by atoms with Crippen LogP contribution in [0.2, 0.25) is 0 Å². The van der Waals surface area contributed by atoms with Gasteiger partial charge in [-0.05, 0) is 31.4 Å². The minimum Gasteiger partial charge on any atom is -0.319 e. The van der Waals surface area contributed by atoms with Crippen LogP contribution in [0.25, 0.3) is 10.3 Å². The molecule has 0 spiro atoms. The smallest absolute Gasteiger partial charge is 0.143 e. The van der Waals surface area contributed by atoms with Gasteiger partial charge in [-0.1, -0.05) is 11.3 Å². The van der Waals surface area contributed by atoms with E-state index in [1.807, 2.05) is 12.1 Å². The van der Waals surface area contributed by atoms with E-state index in [9.17, 15) is 0 Å². The number of pyridine rings is 1. The number of aromatic nitrogens is 2. The van der Waals surface area contributed by atoms with Crippen molar-refractivity contribution in [3.8, 4) is 0 Å². The van der Waals surface area contributed by atoms with E-state index in [0.717, 1.165) is 28.2 Å². The number of rotatable bonds is 1. The topological polar surface area (TPSA) is 51.8 Å². The van der Waals surface area contributed by atoms with Crippen molar-refractivity contribution in [1.82, 2.24) is 9.97 Å². The van der Waals surface area contributed by atoms with Gasteiger partial charge in [0.25, 0.3) is 0 Å². The molecule has 0 radical (unpaired) electrons. The fourth-order valence-corrected chi connectivity index (χ4v) is 2.82. The molecule has 2 aromatic heterocycles. The van der Waals surface area contributed by atoms with Crippen LogP contribution >= 0.6 is 11.3 Å². The summed E-state index contributed by atoms with van der Waals surface area (Å²) in [6.07, 6.45) is 5.15. The second-order valence-electron chi connectivity index (χ2n) is 3.86. The monoisotopic (exact) mass is 205 g/mol. The molecule has 1 aliphatic rings. The van der Waals surface area contributed by atoms with E-state index in [0.29, 0.717) is 0 Å². The number of nitrogens with two attached hydrogens (primary N) is 1. The van der Waals surface area contributed by atoms with Gasteiger partial charge >= 0.3 is 0 Å². The SMILES string of the molecule is NC1(c2nc3cccnc3s2)CCC1. The Morgan fingerprint density at radius 2 is 2.29 bits per heavy atom. The summed E-state index contributed by atoms with van der Waals surface area (Å²) in [4.78, 5) is 9.81. The van der Waals surface area contributed by atoms with Gasteiger partial charge in [-0.3, -0.25) is 0 Å². The Kier molecular flexibility index (Phi) is 1.63. The zero-order chi connectivity index (χ0) is 9.60. The summed E-state index contributed by atoms with van der Waals surface area (Å²) in [6, 6.07) is 3.90. The summed E-state index contributed by atoms with van der Waals surface area (Å²) in [7, 11) is 0. The molecule has 3 rings (SSSR count). The van der Waals surface area contributed by atoms with Gasteiger partial charge in [0.15, 0.2) is 0 Å². The number of nitrogens with zero attached hydrogens (tertiary/aromatic N) is 2. The van der Waals surface area contributed by atoms with E-state index >= 15 is 0 Å². The predicted molar refractivity (Wildman–Crippen MR) is 57.1 cm³/mol. The lowest BCUT2D eigenvalue weighted by Gasteiger charge is -2.35. The van der Waals surface area contributed by atoms with Crippen LogP contribution in [0.15, 0.2) is 18.3 Å². The van der Waals surface area contributed by atoms with Gasteiger partial charge in [0.2, 0.25) is 0 Å². The highest BCUT2D eigenvalue weighted by Crippen LogP contribution is 2.41. The Bertz CT molecular complexity index is 440. The fraction of sp³-hybridized carbons (Fsp3) is 0.400. The van der Waals surface area contributed by atoms with E-state index in [4.69, 9.17) is 5.73 Å². The summed E-state index contributed by atoms with van der Waals surface area (Å²) in [5.41, 5.74) is 7.04. The molecule has 0 bridgehead atoms. The van der Waals surface area contributed by atoms with Crippen LogP contribution in [-0.2, 0) is 5.54 Å². The summed E-state index contributed by atoms with van der Waals surface area (Å²) in [6.45, 7) is 0. The standard InChI is InChI=1S/C10H11N3S/c11-10(4-2-5-10)9-13-7-3-1-6-12-8(7)14-9/h1,3,6H,2,4-5,11H2. The van der Waals surface area contributed by atoms with Crippen molar-refractivity contribution in [1.29, 1.82) is 0 Å². The number of hydrogen-bond donors (Lipinski definition) is 1. The van der Waals surface area contributed by atoms with Gasteiger partial charge in [0.05, 0.1) is 5.54 Å². The molecule has 0 aliphatic heterocycles. The Balaban J connectivity index is 2.14. The first-order chi connectivity index (χ1) is 6.78. The molecule has 0 saturated heterocycles. The van der Waals surface area contributed by atoms with Gasteiger partial charge in [0, 0.05) is 6.20 Å². The summed E-state index contributed by atoms with van der Waals surface area (Å²) in [5, 5.41) is 1.05. The summed E-state index contributed by atoms with van der Waals surface area (Å²) < 4.78 is 0. The highest BCUT2D eigenvalue weighted by atomic mass is 32.1. The van der Waals surface area contributed by atoms with Crippen LogP contribution in [-0.4, -0.2) is 9.97 Å². The van der Waals surface area contributed by atoms with Crippen molar-refractivity contribution < 1.29 is 0 Å². The van der Waals surface area contributed by atoms with Crippen LogP contribution < -0.4 is 5.73 Å². The maximum atomic E-state index is 6.21. The molecular formula is C10H11N3S. The molecule has 2 N–H and O–H groups in total. The van der Waals surface area contributed by atoms with Crippen molar-refractivity contribution in [2.45, 2.75) is 24.8 Å². The Labute approximate surface area is 86.0 Å². The first-order valence-corrected chi connectivity index (χ1v) is 5.60. The highest BCUT2D eigenvalue weighted by Gasteiger charge is 2.37. The predicted octanol–water partition coefficient (Wildman–Crippen LogP) is 2.03. The van der Waals surface area contributed by atoms with E-state index in [1.165, 1.54) is 6.42 Å². The lowest BCUT2D eigenvalue weighted by molar-refractivity contribution is 0.253. The lowest BCUT2D eigenvalue weighted by Crippen LogP contribution is -2.43. The summed E-state index contributed by atoms with van der Waals surface area (Å²) >= 11 is 1.63. The summed E-state index contributed by atoms with van der Waals surface area (Å²) in [5.74, 6) is 0. The average Bonchev–Trinajstić information content (AvgIpc) is 2.57. The Morgan fingerprint density at radius 3 is 2.93 bits per heavy atom. The van der Waals surface area contributed by atoms with Crippen molar-refractivity contribution >= 4 is 21.7 Å². The van der Waals surface area contributed by atoms with E-state index in [2.05, 4.69) is 9.97 Å². The molecule has 14 heavy (non-hydrogen) atoms. The van der Waals surface area contributed by atoms with Gasteiger partial charge in [-0.25, -0.2) is 9.97 Å². The zero-order valence-corrected chi connectivity index (χ0v) is 8.55. The second-order valence-corrected chi connectivity index (χ2v) is 4.83. The molecule has 0 amide bonds. The molecule has 0 atom stereocenters. The van der Waals surface area contributed by atoms with Crippen molar-refractivity contribution in [2.24, 2.45) is 5.73 Å². The van der Waals surface area contributed by atoms with E-state index in [-0.39, 0.29) is 5.54 Å². The molecule has 1 aliphatic carbocycles. The number of fused-ring (bicyclic) bond motifs is 1. The van der Waals surface area contributed by atoms with Crippen LogP contribution in [0.4, 0.5) is 0 Å². The second kappa shape index (κ2) is 2.74. The third-order valence-electron chi connectivity index (χ3n) is 2.84. The average molecular weight is 205 g/mol. The van der Waals surface area contributed by atoms with Crippen LogP contribution in [0.5, 0.6) is 0 Å². The minimum absolute atomic E-state index is 0.147. The molecule has 2 heterocycles. The first-order valence-electron chi connectivity index (χ1n) is 4.79. The van der Waals surface area contributed by atoms with Gasteiger partial charge < -0.3 is 5.73 Å². The van der Waals surface area contributed by atoms with Gasteiger partial charge in [-0.15, -0.1) is 0 Å². The molecule has 3 nitrogen and oxygen atoms in total. The van der Waals surface area contributed by atoms with Crippen molar-refractivity contribution in [3.63, 3.8) is 0 Å². The molecule has 1 fully saturated rings. The Hall–Kier alpha value is -1.00. The number of thiazole rings is 1. The maximum absolute atomic E-state index is 6.21. The van der Waals surface area contributed by atoms with Crippen LogP contribution in [0.3, 0.4) is 0 Å². The van der Waals surface area contributed by atoms with Gasteiger partial charge in [0.1, 0.15) is 15.4 Å². The molecular weight excluding hydrogens is 194 g/mol. The highest BCUT2D eigenvalue weighted by molar-refractivity contribution is 7.18. The maximum Gasteiger partial charge on any atom is 0.143 e. The van der Waals surface area contributed by atoms with Gasteiger partial charge in [-0.2, -0.15) is 0 Å². The fourth-order valence-electron chi connectivity index (χ4n) is 1.75. The quantitative estimate of drug-likeness (QED) is 0.775. The van der Waals surface area contributed by atoms with Crippen molar-refractivity contribution in [2.75, 3.05) is 0 Å². The largest absolute Gasteiger partial charge is 0.319 e. The lowest BCUT2D eigenvalue weighted by atomic mass is 9.78. The minimum atomic E-state index is -0.147. The molecule has 2 aromatic rings. The van der Waals surface area contributed by atoms with Crippen LogP contribution in [0.1, 0.15) is 24.3 Å². The molecule has 4 heteroatoms. The van der Waals surface area contributed by atoms with Crippen molar-refractivity contribution in [3.05, 3.63) is 23.3 Å². The van der Waals surface area contributed by atoms with E-state index in [1.54, 1.807) is 17.5 Å². The van der Waals surface area contributed by atoms with E-state index < -0.39 is 0 Å². The third-order valence-corrected chi connectivity index (χ3v) is 4.04. The molecule has 0 aromatic carbocycles. The number of hydrogen-bond acceptors (Lipinski definition) is 4. The molecule has 72 valence electrons. The van der Waals surface area contributed by atoms with Crippen LogP contribution in [0, 0.1) is 0 Å². The molecule has 0 unspecified atom stereocenters.